The number of hydrogen-bond donors (Lipinski definition) is 2. The standard InChI is InChI=1S/C23H22F3N7O3/c1-12(23(24,25)26)29-21(34)16-3-4-17-20(30-16)33(15-6-8-32(17)11-15)22(35)31-19-9-14(5-7-27-19)18-10-28-13(2)36-18/h3-5,7,9-10,12,15H,6,8,11H2,1-2H3,(H,29,34)(H,27,31,35)/t12-,15-/m0/s1. The Labute approximate surface area is 203 Å². The van der Waals surface area contributed by atoms with E-state index in [1.807, 2.05) is 10.2 Å². The molecule has 0 radical (unpaired) electrons. The zero-order valence-electron chi connectivity index (χ0n) is 19.3. The number of aryl methyl sites for hydroxylation is 1. The largest absolute Gasteiger partial charge is 0.441 e. The molecule has 1 saturated heterocycles. The van der Waals surface area contributed by atoms with E-state index in [1.54, 1.807) is 31.3 Å². The first-order chi connectivity index (χ1) is 17.1. The van der Waals surface area contributed by atoms with Crippen molar-refractivity contribution >= 4 is 29.3 Å². The lowest BCUT2D eigenvalue weighted by atomic mass is 10.1. The van der Waals surface area contributed by atoms with Crippen molar-refractivity contribution in [3.8, 4) is 11.3 Å². The topological polar surface area (TPSA) is 116 Å². The van der Waals surface area contributed by atoms with Gasteiger partial charge in [0, 0.05) is 31.8 Å². The zero-order valence-corrected chi connectivity index (χ0v) is 19.3. The summed E-state index contributed by atoms with van der Waals surface area (Å²) in [6.07, 6.45) is -0.832. The smallest absolute Gasteiger partial charge is 0.408 e. The van der Waals surface area contributed by atoms with Gasteiger partial charge >= 0.3 is 12.2 Å². The molecule has 3 amide bonds. The molecule has 2 aliphatic heterocycles. The maximum atomic E-state index is 13.4. The molecule has 10 nitrogen and oxygen atoms in total. The number of carbonyl (C=O) groups is 2. The second-order valence-corrected chi connectivity index (χ2v) is 8.64. The van der Waals surface area contributed by atoms with E-state index >= 15 is 0 Å². The van der Waals surface area contributed by atoms with E-state index < -0.39 is 24.2 Å². The van der Waals surface area contributed by atoms with E-state index in [0.717, 1.165) is 6.92 Å². The monoisotopic (exact) mass is 501 g/mol. The fraction of sp³-hybridized carbons (Fsp3) is 0.348. The molecule has 0 spiro atoms. The molecule has 36 heavy (non-hydrogen) atoms. The first-order valence-electron chi connectivity index (χ1n) is 11.2. The number of hydrogen-bond acceptors (Lipinski definition) is 7. The summed E-state index contributed by atoms with van der Waals surface area (Å²) in [6, 6.07) is 3.52. The molecule has 1 fully saturated rings. The van der Waals surface area contributed by atoms with Gasteiger partial charge in [-0.25, -0.2) is 19.7 Å². The molecular formula is C23H22F3N7O3. The molecule has 3 aromatic rings. The molecule has 5 heterocycles. The maximum Gasteiger partial charge on any atom is 0.408 e. The molecule has 0 saturated carbocycles. The average Bonchev–Trinajstić information content (AvgIpc) is 3.45. The van der Waals surface area contributed by atoms with Gasteiger partial charge in [0.15, 0.2) is 17.5 Å². The average molecular weight is 501 g/mol. The zero-order chi connectivity index (χ0) is 25.6. The van der Waals surface area contributed by atoms with Gasteiger partial charge in [-0.05, 0) is 37.6 Å². The number of nitrogens with one attached hydrogen (secondary N) is 2. The first kappa shape index (κ1) is 23.6. The quantitative estimate of drug-likeness (QED) is 0.559. The van der Waals surface area contributed by atoms with Crippen LogP contribution in [0.3, 0.4) is 0 Å². The summed E-state index contributed by atoms with van der Waals surface area (Å²) in [5, 5.41) is 4.66. The molecule has 2 bridgehead atoms. The van der Waals surface area contributed by atoms with Crippen LogP contribution in [0.25, 0.3) is 11.3 Å². The van der Waals surface area contributed by atoms with Gasteiger partial charge in [-0.1, -0.05) is 0 Å². The van der Waals surface area contributed by atoms with E-state index in [2.05, 4.69) is 20.3 Å². The van der Waals surface area contributed by atoms with E-state index in [9.17, 15) is 22.8 Å². The van der Waals surface area contributed by atoms with Crippen molar-refractivity contribution < 1.29 is 27.2 Å². The van der Waals surface area contributed by atoms with Crippen LogP contribution in [0.5, 0.6) is 0 Å². The van der Waals surface area contributed by atoms with Crippen molar-refractivity contribution in [2.24, 2.45) is 0 Å². The van der Waals surface area contributed by atoms with E-state index in [0.29, 0.717) is 42.4 Å². The highest BCUT2D eigenvalue weighted by atomic mass is 19.4. The third-order valence-corrected chi connectivity index (χ3v) is 6.14. The molecular weight excluding hydrogens is 479 g/mol. The lowest BCUT2D eigenvalue weighted by Crippen LogP contribution is -2.49. The van der Waals surface area contributed by atoms with E-state index in [1.165, 1.54) is 17.2 Å². The number of nitrogens with zero attached hydrogens (tertiary/aromatic N) is 5. The van der Waals surface area contributed by atoms with Crippen molar-refractivity contribution in [2.75, 3.05) is 28.2 Å². The predicted octanol–water partition coefficient (Wildman–Crippen LogP) is 3.75. The van der Waals surface area contributed by atoms with Crippen LogP contribution in [0, 0.1) is 6.92 Å². The lowest BCUT2D eigenvalue weighted by molar-refractivity contribution is -0.149. The minimum Gasteiger partial charge on any atom is -0.441 e. The highest BCUT2D eigenvalue weighted by Crippen LogP contribution is 2.39. The fourth-order valence-corrected chi connectivity index (χ4v) is 4.27. The van der Waals surface area contributed by atoms with Crippen LogP contribution in [0.4, 0.5) is 35.3 Å². The van der Waals surface area contributed by atoms with Crippen LogP contribution in [-0.4, -0.2) is 58.2 Å². The second kappa shape index (κ2) is 8.81. The van der Waals surface area contributed by atoms with Gasteiger partial charge in [-0.3, -0.25) is 15.0 Å². The Morgan fingerprint density at radius 3 is 2.75 bits per heavy atom. The number of aromatic nitrogens is 3. The predicted molar refractivity (Wildman–Crippen MR) is 124 cm³/mol. The molecule has 13 heteroatoms. The third kappa shape index (κ3) is 4.43. The van der Waals surface area contributed by atoms with Crippen LogP contribution in [0.1, 0.15) is 29.7 Å². The van der Waals surface area contributed by atoms with Gasteiger partial charge in [-0.15, -0.1) is 0 Å². The SMILES string of the molecule is Cc1ncc(-c2ccnc(NC(=O)N3c4nc(C(=O)N[C@@H](C)C(F)(F)F)ccc4N4CC[C@H]3C4)c2)o1. The molecule has 5 rings (SSSR count). The normalized spacial score (nSPS) is 17.5. The molecule has 2 aliphatic rings. The van der Waals surface area contributed by atoms with Gasteiger partial charge < -0.3 is 14.6 Å². The number of halogens is 3. The van der Waals surface area contributed by atoms with Crippen molar-refractivity contribution in [1.82, 2.24) is 20.3 Å². The molecule has 3 aromatic heterocycles. The number of rotatable bonds is 4. The number of oxazole rings is 1. The van der Waals surface area contributed by atoms with Gasteiger partial charge in [0.25, 0.3) is 5.91 Å². The number of anilines is 3. The summed E-state index contributed by atoms with van der Waals surface area (Å²) in [7, 11) is 0. The molecule has 0 aromatic carbocycles. The Morgan fingerprint density at radius 1 is 1.22 bits per heavy atom. The molecule has 2 N–H and O–H groups in total. The van der Waals surface area contributed by atoms with E-state index in [4.69, 9.17) is 4.42 Å². The van der Waals surface area contributed by atoms with Gasteiger partial charge in [0.2, 0.25) is 0 Å². The summed E-state index contributed by atoms with van der Waals surface area (Å²) >= 11 is 0. The molecule has 0 unspecified atom stereocenters. The van der Waals surface area contributed by atoms with Gasteiger partial charge in [0.05, 0.1) is 17.9 Å². The Kier molecular flexibility index (Phi) is 5.77. The number of alkyl halides is 3. The molecule has 0 aliphatic carbocycles. The minimum absolute atomic E-state index is 0.204. The molecule has 2 atom stereocenters. The molecule has 188 valence electrons. The van der Waals surface area contributed by atoms with Crippen molar-refractivity contribution in [3.05, 3.63) is 48.2 Å². The highest BCUT2D eigenvalue weighted by molar-refractivity contribution is 6.05. The minimum atomic E-state index is -4.59. The highest BCUT2D eigenvalue weighted by Gasteiger charge is 2.41. The summed E-state index contributed by atoms with van der Waals surface area (Å²) in [5.41, 5.74) is 1.08. The summed E-state index contributed by atoms with van der Waals surface area (Å²) in [4.78, 5) is 41.9. The van der Waals surface area contributed by atoms with Crippen LogP contribution < -0.4 is 20.4 Å². The number of carbonyl (C=O) groups excluding carboxylic acids is 2. The fourth-order valence-electron chi connectivity index (χ4n) is 4.27. The lowest BCUT2D eigenvalue weighted by Gasteiger charge is -2.35. The number of urea groups is 1. The number of amides is 3. The second-order valence-electron chi connectivity index (χ2n) is 8.64. The maximum absolute atomic E-state index is 13.4. The van der Waals surface area contributed by atoms with Crippen LogP contribution in [0.15, 0.2) is 41.1 Å². The van der Waals surface area contributed by atoms with Crippen LogP contribution >= 0.6 is 0 Å². The van der Waals surface area contributed by atoms with Gasteiger partial charge in [0.1, 0.15) is 17.6 Å². The van der Waals surface area contributed by atoms with E-state index in [-0.39, 0.29) is 23.4 Å². The van der Waals surface area contributed by atoms with Crippen molar-refractivity contribution in [1.29, 1.82) is 0 Å². The number of pyridine rings is 2. The Balaban J connectivity index is 1.41. The summed E-state index contributed by atoms with van der Waals surface area (Å²) in [5.74, 6) is 0.508. The Bertz CT molecular complexity index is 1330. The van der Waals surface area contributed by atoms with Crippen molar-refractivity contribution in [2.45, 2.75) is 38.5 Å². The van der Waals surface area contributed by atoms with Crippen LogP contribution in [-0.2, 0) is 0 Å². The first-order valence-corrected chi connectivity index (χ1v) is 11.2. The Morgan fingerprint density at radius 2 is 2.03 bits per heavy atom. The van der Waals surface area contributed by atoms with Crippen LogP contribution in [0.2, 0.25) is 0 Å². The Hall–Kier alpha value is -4.16. The summed E-state index contributed by atoms with van der Waals surface area (Å²) in [6.45, 7) is 3.82. The van der Waals surface area contributed by atoms with Crippen molar-refractivity contribution in [3.63, 3.8) is 0 Å². The number of fused-ring (bicyclic) bond motifs is 4. The van der Waals surface area contributed by atoms with Gasteiger partial charge in [-0.2, -0.15) is 13.2 Å². The third-order valence-electron chi connectivity index (χ3n) is 6.14. The summed E-state index contributed by atoms with van der Waals surface area (Å²) < 4.78 is 44.2.